The second-order valence-electron chi connectivity index (χ2n) is 4.99. The summed E-state index contributed by atoms with van der Waals surface area (Å²) < 4.78 is 1.94. The molecule has 1 saturated heterocycles. The van der Waals surface area contributed by atoms with Crippen LogP contribution in [0.3, 0.4) is 0 Å². The van der Waals surface area contributed by atoms with Gasteiger partial charge in [-0.25, -0.2) is 4.98 Å². The Bertz CT molecular complexity index is 548. The van der Waals surface area contributed by atoms with E-state index in [0.29, 0.717) is 6.42 Å². The van der Waals surface area contributed by atoms with E-state index in [-0.39, 0.29) is 36.8 Å². The first-order chi connectivity index (χ1) is 9.31. The first-order valence-electron chi connectivity index (χ1n) is 6.74. The highest BCUT2D eigenvalue weighted by molar-refractivity contribution is 5.85. The lowest BCUT2D eigenvalue weighted by molar-refractivity contribution is -0.121. The van der Waals surface area contributed by atoms with Crippen LogP contribution in [-0.2, 0) is 11.2 Å². The number of nitrogens with one attached hydrogen (secondary N) is 2. The van der Waals surface area contributed by atoms with Crippen LogP contribution in [0, 0.1) is 0 Å². The third-order valence-corrected chi connectivity index (χ3v) is 3.42. The summed E-state index contributed by atoms with van der Waals surface area (Å²) >= 11 is 0. The molecule has 0 unspecified atom stereocenters. The Morgan fingerprint density at radius 2 is 2.29 bits per heavy atom. The number of pyridine rings is 1. The highest BCUT2D eigenvalue weighted by Crippen LogP contribution is 2.06. The summed E-state index contributed by atoms with van der Waals surface area (Å²) in [5, 5.41) is 6.35. The Labute approximate surface area is 136 Å². The summed E-state index contributed by atoms with van der Waals surface area (Å²) in [5.74, 6) is 0.0529. The summed E-state index contributed by atoms with van der Waals surface area (Å²) in [6.07, 6.45) is 6.38. The number of hydrogen-bond acceptors (Lipinski definition) is 3. The van der Waals surface area contributed by atoms with Crippen molar-refractivity contribution in [2.45, 2.75) is 25.3 Å². The lowest BCUT2D eigenvalue weighted by Gasteiger charge is -2.23. The fourth-order valence-electron chi connectivity index (χ4n) is 2.49. The van der Waals surface area contributed by atoms with Crippen LogP contribution >= 0.6 is 24.8 Å². The number of amides is 1. The van der Waals surface area contributed by atoms with Gasteiger partial charge >= 0.3 is 0 Å². The minimum absolute atomic E-state index is 0. The van der Waals surface area contributed by atoms with Gasteiger partial charge in [-0.2, -0.15) is 0 Å². The highest BCUT2D eigenvalue weighted by Gasteiger charge is 2.16. The smallest absolute Gasteiger partial charge is 0.226 e. The van der Waals surface area contributed by atoms with Gasteiger partial charge < -0.3 is 15.0 Å². The van der Waals surface area contributed by atoms with Gasteiger partial charge in [0.15, 0.2) is 0 Å². The van der Waals surface area contributed by atoms with E-state index in [4.69, 9.17) is 0 Å². The largest absolute Gasteiger partial charge is 0.352 e. The molecule has 1 amide bonds. The van der Waals surface area contributed by atoms with Crippen molar-refractivity contribution in [3.05, 3.63) is 36.3 Å². The molecular weight excluding hydrogens is 311 g/mol. The summed E-state index contributed by atoms with van der Waals surface area (Å²) in [7, 11) is 0. The van der Waals surface area contributed by atoms with Crippen molar-refractivity contribution in [1.82, 2.24) is 20.0 Å². The minimum Gasteiger partial charge on any atom is -0.352 e. The lowest BCUT2D eigenvalue weighted by Crippen LogP contribution is -2.46. The molecule has 1 atom stereocenters. The first kappa shape index (κ1) is 17.8. The molecule has 3 heterocycles. The summed E-state index contributed by atoms with van der Waals surface area (Å²) in [5.41, 5.74) is 1.69. The number of carbonyl (C=O) groups is 1. The van der Waals surface area contributed by atoms with Gasteiger partial charge in [-0.3, -0.25) is 4.79 Å². The maximum Gasteiger partial charge on any atom is 0.226 e. The molecule has 0 aliphatic carbocycles. The van der Waals surface area contributed by atoms with Crippen molar-refractivity contribution in [2.75, 3.05) is 13.1 Å². The molecule has 7 heteroatoms. The van der Waals surface area contributed by atoms with E-state index in [1.165, 1.54) is 0 Å². The number of nitrogens with zero attached hydrogens (tertiary/aromatic N) is 2. The fourth-order valence-corrected chi connectivity index (χ4v) is 2.49. The zero-order valence-electron chi connectivity index (χ0n) is 11.6. The van der Waals surface area contributed by atoms with Gasteiger partial charge in [0.2, 0.25) is 5.91 Å². The second-order valence-corrected chi connectivity index (χ2v) is 4.99. The van der Waals surface area contributed by atoms with E-state index in [2.05, 4.69) is 15.6 Å². The highest BCUT2D eigenvalue weighted by atomic mass is 35.5. The molecular formula is C14H20Cl2N4O. The number of imidazole rings is 1. The quantitative estimate of drug-likeness (QED) is 0.898. The average Bonchev–Trinajstić information content (AvgIpc) is 2.81. The van der Waals surface area contributed by atoms with Crippen LogP contribution in [0.4, 0.5) is 0 Å². The van der Waals surface area contributed by atoms with Crippen LogP contribution in [0.2, 0.25) is 0 Å². The van der Waals surface area contributed by atoms with Gasteiger partial charge in [0.05, 0.1) is 12.1 Å². The molecule has 116 valence electrons. The number of hydrogen-bond donors (Lipinski definition) is 2. The molecule has 2 aromatic rings. The third kappa shape index (κ3) is 4.59. The van der Waals surface area contributed by atoms with Crippen LogP contribution in [0.15, 0.2) is 30.6 Å². The number of fused-ring (bicyclic) bond motifs is 1. The second kappa shape index (κ2) is 8.22. The molecule has 0 radical (unpaired) electrons. The zero-order valence-corrected chi connectivity index (χ0v) is 13.3. The molecule has 2 N–H and O–H groups in total. The summed E-state index contributed by atoms with van der Waals surface area (Å²) in [4.78, 5) is 16.4. The van der Waals surface area contributed by atoms with E-state index >= 15 is 0 Å². The van der Waals surface area contributed by atoms with Crippen molar-refractivity contribution >= 4 is 36.4 Å². The van der Waals surface area contributed by atoms with Gasteiger partial charge in [0.25, 0.3) is 0 Å². The predicted molar refractivity (Wildman–Crippen MR) is 87.4 cm³/mol. The number of aromatic nitrogens is 2. The molecule has 0 spiro atoms. The topological polar surface area (TPSA) is 58.4 Å². The molecule has 1 aliphatic rings. The fraction of sp³-hybridized carbons (Fsp3) is 0.429. The number of rotatable bonds is 3. The number of carbonyl (C=O) groups excluding carboxylic acids is 1. The number of piperidine rings is 1. The Kier molecular flexibility index (Phi) is 6.95. The number of halogens is 2. The van der Waals surface area contributed by atoms with Crippen molar-refractivity contribution in [1.29, 1.82) is 0 Å². The van der Waals surface area contributed by atoms with Crippen LogP contribution in [0.25, 0.3) is 5.65 Å². The maximum atomic E-state index is 12.0. The maximum absolute atomic E-state index is 12.0. The Morgan fingerprint density at radius 3 is 3.00 bits per heavy atom. The predicted octanol–water partition coefficient (Wildman–Crippen LogP) is 1.59. The van der Waals surface area contributed by atoms with Crippen LogP contribution in [0.1, 0.15) is 18.5 Å². The van der Waals surface area contributed by atoms with Crippen LogP contribution in [0.5, 0.6) is 0 Å². The van der Waals surface area contributed by atoms with E-state index in [9.17, 15) is 4.79 Å². The zero-order chi connectivity index (χ0) is 13.1. The molecule has 1 fully saturated rings. The van der Waals surface area contributed by atoms with Gasteiger partial charge in [-0.1, -0.05) is 6.07 Å². The molecule has 5 nitrogen and oxygen atoms in total. The molecule has 0 bridgehead atoms. The molecule has 0 aromatic carbocycles. The minimum atomic E-state index is 0. The lowest BCUT2D eigenvalue weighted by atomic mass is 10.1. The molecule has 1 aliphatic heterocycles. The third-order valence-electron chi connectivity index (χ3n) is 3.42. The SMILES string of the molecule is Cl.Cl.O=C(Cc1cn2ccccc2n1)N[C@H]1CCCNC1. The Hall–Kier alpha value is -1.30. The standard InChI is InChI=1S/C14H18N4O.2ClH/c19-14(17-11-4-3-6-15-9-11)8-12-10-18-7-2-1-5-13(18)16-12;;/h1-2,5,7,10-11,15H,3-4,6,8-9H2,(H,17,19);2*1H/t11-;;/m0../s1. The average molecular weight is 331 g/mol. The van der Waals surface area contributed by atoms with Gasteiger partial charge in [0, 0.05) is 25.0 Å². The van der Waals surface area contributed by atoms with Crippen molar-refractivity contribution in [3.8, 4) is 0 Å². The van der Waals surface area contributed by atoms with E-state index < -0.39 is 0 Å². The van der Waals surface area contributed by atoms with Gasteiger partial charge in [0.1, 0.15) is 5.65 Å². The monoisotopic (exact) mass is 330 g/mol. The van der Waals surface area contributed by atoms with Crippen molar-refractivity contribution in [3.63, 3.8) is 0 Å². The summed E-state index contributed by atoms with van der Waals surface area (Å²) in [6, 6.07) is 6.09. The molecule has 0 saturated carbocycles. The van der Waals surface area contributed by atoms with E-state index in [1.807, 2.05) is 35.0 Å². The van der Waals surface area contributed by atoms with Crippen LogP contribution < -0.4 is 10.6 Å². The van der Waals surface area contributed by atoms with Crippen molar-refractivity contribution < 1.29 is 4.79 Å². The molecule has 3 rings (SSSR count). The van der Waals surface area contributed by atoms with E-state index in [1.54, 1.807) is 0 Å². The van der Waals surface area contributed by atoms with E-state index in [0.717, 1.165) is 37.3 Å². The Morgan fingerprint density at radius 1 is 1.43 bits per heavy atom. The molecule has 21 heavy (non-hydrogen) atoms. The van der Waals surface area contributed by atoms with Gasteiger partial charge in [-0.15, -0.1) is 24.8 Å². The summed E-state index contributed by atoms with van der Waals surface area (Å²) in [6.45, 7) is 1.93. The Balaban J connectivity index is 0.00000110. The first-order valence-corrected chi connectivity index (χ1v) is 6.74. The molecule has 2 aromatic heterocycles. The van der Waals surface area contributed by atoms with Gasteiger partial charge in [-0.05, 0) is 31.5 Å². The van der Waals surface area contributed by atoms with Crippen molar-refractivity contribution in [2.24, 2.45) is 0 Å². The normalized spacial score (nSPS) is 17.6. The van der Waals surface area contributed by atoms with Crippen LogP contribution in [-0.4, -0.2) is 34.4 Å².